The number of halogens is 6. The minimum absolute atomic E-state index is 0.371. The Morgan fingerprint density at radius 3 is 1.96 bits per heavy atom. The topological polar surface area (TPSA) is 41.9 Å². The predicted molar refractivity (Wildman–Crippen MR) is 108 cm³/mol. The lowest BCUT2D eigenvalue weighted by molar-refractivity contribution is 1.03. The van der Waals surface area contributed by atoms with Crippen LogP contribution in [0.4, 0.5) is 5.69 Å². The largest absolute Gasteiger partial charge is 0.377 e. The summed E-state index contributed by atoms with van der Waals surface area (Å²) in [7, 11) is 3.67. The van der Waals surface area contributed by atoms with Gasteiger partial charge in [0.25, 0.3) is 0 Å². The Kier molecular flexibility index (Phi) is 6.69. The smallest absolute Gasteiger partial charge is 0.216 e. The fourth-order valence-corrected chi connectivity index (χ4v) is 2.87. The second-order valence-corrected chi connectivity index (χ2v) is 9.74. The van der Waals surface area contributed by atoms with E-state index < -0.39 is 7.59 Å². The molecule has 0 saturated carbocycles. The van der Waals surface area contributed by atoms with E-state index in [0.29, 0.717) is 28.2 Å². The van der Waals surface area contributed by atoms with Crippen LogP contribution in [0.25, 0.3) is 12.2 Å². The fraction of sp³-hybridized carbons (Fsp3) is 0.267. The van der Waals surface area contributed by atoms with Crippen LogP contribution >= 0.6 is 69.6 Å². The van der Waals surface area contributed by atoms with E-state index in [4.69, 9.17) is 69.6 Å². The molecule has 0 unspecified atom stereocenters. The molecule has 2 aromatic rings. The Morgan fingerprint density at radius 2 is 1.48 bits per heavy atom. The highest BCUT2D eigenvalue weighted by molar-refractivity contribution is 6.67. The van der Waals surface area contributed by atoms with Crippen LogP contribution in [0.15, 0.2) is 24.8 Å². The van der Waals surface area contributed by atoms with Crippen LogP contribution in [0.1, 0.15) is 22.5 Å². The quantitative estimate of drug-likeness (QED) is 0.546. The maximum absolute atomic E-state index is 6.15. The third kappa shape index (κ3) is 5.49. The molecule has 0 amide bonds. The Balaban J connectivity index is 2.69. The highest BCUT2D eigenvalue weighted by atomic mass is 35.6. The van der Waals surface area contributed by atoms with Gasteiger partial charge in [-0.05, 0) is 24.3 Å². The lowest BCUT2D eigenvalue weighted by atomic mass is 10.0. The number of hydrogen-bond acceptors (Lipinski definition) is 4. The molecule has 0 radical (unpaired) electrons. The van der Waals surface area contributed by atoms with E-state index in [1.54, 1.807) is 24.3 Å². The van der Waals surface area contributed by atoms with Gasteiger partial charge < -0.3 is 4.90 Å². The molecule has 0 aliphatic rings. The molecule has 134 valence electrons. The molecule has 1 aromatic carbocycles. The summed E-state index contributed by atoms with van der Waals surface area (Å²) >= 11 is 36.5. The monoisotopic (exact) mass is 458 g/mol. The second kappa shape index (κ2) is 8.03. The normalized spacial score (nSPS) is 12.6. The van der Waals surface area contributed by atoms with E-state index in [0.717, 1.165) is 0 Å². The van der Waals surface area contributed by atoms with Crippen LogP contribution in [0.5, 0.6) is 0 Å². The number of anilines is 1. The molecular weight excluding hydrogens is 449 g/mol. The number of aromatic nitrogens is 3. The van der Waals surface area contributed by atoms with E-state index in [1.807, 2.05) is 19.0 Å². The van der Waals surface area contributed by atoms with Crippen molar-refractivity contribution in [3.8, 4) is 0 Å². The molecule has 1 heterocycles. The van der Waals surface area contributed by atoms with E-state index in [2.05, 4.69) is 15.0 Å². The van der Waals surface area contributed by atoms with E-state index in [1.165, 1.54) is 12.7 Å². The zero-order valence-electron chi connectivity index (χ0n) is 13.0. The molecular formula is C15H12Cl6N4. The summed E-state index contributed by atoms with van der Waals surface area (Å²) in [5.74, 6) is 0.459. The van der Waals surface area contributed by atoms with Gasteiger partial charge in [-0.2, -0.15) is 0 Å². The van der Waals surface area contributed by atoms with Gasteiger partial charge in [0, 0.05) is 36.5 Å². The summed E-state index contributed by atoms with van der Waals surface area (Å²) in [5.41, 5.74) is 2.11. The van der Waals surface area contributed by atoms with Gasteiger partial charge in [-0.1, -0.05) is 69.6 Å². The highest BCUT2D eigenvalue weighted by Crippen LogP contribution is 2.47. The number of hydrogen-bond donors (Lipinski definition) is 0. The van der Waals surface area contributed by atoms with E-state index in [9.17, 15) is 0 Å². The van der Waals surface area contributed by atoms with Gasteiger partial charge in [-0.15, -0.1) is 0 Å². The number of benzene rings is 1. The lowest BCUT2D eigenvalue weighted by Gasteiger charge is -2.25. The van der Waals surface area contributed by atoms with Crippen molar-refractivity contribution in [1.29, 1.82) is 0 Å². The summed E-state index contributed by atoms with van der Waals surface area (Å²) in [6.07, 6.45) is 6.20. The van der Waals surface area contributed by atoms with Crippen LogP contribution in [-0.2, 0) is 7.59 Å². The minimum atomic E-state index is -1.73. The fourth-order valence-electron chi connectivity index (χ4n) is 2.07. The molecule has 0 saturated heterocycles. The molecule has 25 heavy (non-hydrogen) atoms. The molecule has 0 spiro atoms. The molecule has 0 N–H and O–H groups in total. The zero-order chi connectivity index (χ0) is 18.8. The third-order valence-electron chi connectivity index (χ3n) is 3.19. The van der Waals surface area contributed by atoms with Gasteiger partial charge in [0.05, 0.1) is 0 Å². The summed E-state index contributed by atoms with van der Waals surface area (Å²) in [6, 6.07) is 3.28. The van der Waals surface area contributed by atoms with Crippen molar-refractivity contribution in [2.24, 2.45) is 0 Å². The Bertz CT molecular complexity index is 766. The Morgan fingerprint density at radius 1 is 0.880 bits per heavy atom. The first kappa shape index (κ1) is 20.8. The number of alkyl halides is 6. The van der Waals surface area contributed by atoms with Crippen molar-refractivity contribution in [3.05, 3.63) is 47.3 Å². The number of rotatable bonds is 3. The molecule has 2 rings (SSSR count). The van der Waals surface area contributed by atoms with Crippen molar-refractivity contribution in [3.63, 3.8) is 0 Å². The van der Waals surface area contributed by atoms with Gasteiger partial charge in [0.15, 0.2) is 5.82 Å². The maximum Gasteiger partial charge on any atom is 0.216 e. The average Bonchev–Trinajstić information content (AvgIpc) is 2.51. The molecule has 0 bridgehead atoms. The van der Waals surface area contributed by atoms with Crippen molar-refractivity contribution >= 4 is 87.4 Å². The molecule has 0 atom stereocenters. The summed E-state index contributed by atoms with van der Waals surface area (Å²) in [4.78, 5) is 13.7. The van der Waals surface area contributed by atoms with Crippen LogP contribution in [0.2, 0.25) is 0 Å². The Labute approximate surface area is 175 Å². The zero-order valence-corrected chi connectivity index (χ0v) is 17.6. The molecule has 0 aliphatic heterocycles. The van der Waals surface area contributed by atoms with Crippen molar-refractivity contribution < 1.29 is 0 Å². The van der Waals surface area contributed by atoms with Crippen LogP contribution < -0.4 is 4.90 Å². The van der Waals surface area contributed by atoms with Crippen LogP contribution in [0, 0.1) is 0 Å². The van der Waals surface area contributed by atoms with Crippen LogP contribution in [-0.4, -0.2) is 29.0 Å². The van der Waals surface area contributed by atoms with Crippen molar-refractivity contribution in [2.45, 2.75) is 7.59 Å². The van der Waals surface area contributed by atoms with Crippen LogP contribution in [0.3, 0.4) is 0 Å². The summed E-state index contributed by atoms with van der Waals surface area (Å²) in [6.45, 7) is 0. The van der Waals surface area contributed by atoms with E-state index >= 15 is 0 Å². The summed E-state index contributed by atoms with van der Waals surface area (Å²) < 4.78 is -3.39. The predicted octanol–water partition coefficient (Wildman–Crippen LogP) is 5.76. The van der Waals surface area contributed by atoms with Gasteiger partial charge in [-0.3, -0.25) is 0 Å². The highest BCUT2D eigenvalue weighted by Gasteiger charge is 2.32. The second-order valence-electron chi connectivity index (χ2n) is 5.18. The lowest BCUT2D eigenvalue weighted by Crippen LogP contribution is -2.16. The van der Waals surface area contributed by atoms with E-state index in [-0.39, 0.29) is 0 Å². The first-order chi connectivity index (χ1) is 11.5. The van der Waals surface area contributed by atoms with Gasteiger partial charge in [0.2, 0.25) is 7.59 Å². The standard InChI is InChI=1S/C15H12Cl6N4/c1-25(2)12-6-9(14(16,17)18)5-11(15(19,20)21)10(12)3-4-13-23-7-22-8-24-13/h3-8H,1-2H3. The molecule has 0 fully saturated rings. The van der Waals surface area contributed by atoms with Gasteiger partial charge in [0.1, 0.15) is 12.7 Å². The molecule has 4 nitrogen and oxygen atoms in total. The SMILES string of the molecule is CN(C)c1cc(C(Cl)(Cl)Cl)cc(C(Cl)(Cl)Cl)c1C=Cc1ncncn1. The minimum Gasteiger partial charge on any atom is -0.377 e. The Hall–Kier alpha value is -0.490. The number of nitrogens with zero attached hydrogens (tertiary/aromatic N) is 4. The average molecular weight is 461 g/mol. The maximum atomic E-state index is 6.15. The first-order valence-corrected chi connectivity index (χ1v) is 9.07. The van der Waals surface area contributed by atoms with Gasteiger partial charge in [-0.25, -0.2) is 15.0 Å². The molecule has 0 aliphatic carbocycles. The van der Waals surface area contributed by atoms with Crippen molar-refractivity contribution in [2.75, 3.05) is 19.0 Å². The summed E-state index contributed by atoms with van der Waals surface area (Å²) in [5, 5.41) is 0. The first-order valence-electron chi connectivity index (χ1n) is 6.80. The molecule has 10 heteroatoms. The third-order valence-corrected chi connectivity index (χ3v) is 4.45. The molecule has 1 aromatic heterocycles. The van der Waals surface area contributed by atoms with Crippen molar-refractivity contribution in [1.82, 2.24) is 15.0 Å². The van der Waals surface area contributed by atoms with Gasteiger partial charge >= 0.3 is 0 Å².